The third-order valence-corrected chi connectivity index (χ3v) is 6.09. The second kappa shape index (κ2) is 9.98. The van der Waals surface area contributed by atoms with Crippen molar-refractivity contribution in [2.24, 2.45) is 0 Å². The SMILES string of the molecule is COCCc1nc(-c2ccc3c(c2)N(CC(=O)Nc2cccc([N+](=O)[O-])c2)C(=O)C(C)O3)cs1. The van der Waals surface area contributed by atoms with Crippen molar-refractivity contribution in [1.82, 2.24) is 4.98 Å². The molecule has 11 heteroatoms. The fourth-order valence-corrected chi connectivity index (χ4v) is 4.31. The minimum absolute atomic E-state index is 0.142. The first-order valence-electron chi connectivity index (χ1n) is 10.5. The Balaban J connectivity index is 1.57. The third-order valence-electron chi connectivity index (χ3n) is 5.18. The number of hydrogen-bond donors (Lipinski definition) is 1. The first-order valence-corrected chi connectivity index (χ1v) is 11.3. The minimum atomic E-state index is -0.760. The topological polar surface area (TPSA) is 124 Å². The number of thiazole rings is 1. The van der Waals surface area contributed by atoms with Crippen molar-refractivity contribution in [3.63, 3.8) is 0 Å². The Bertz CT molecular complexity index is 1240. The maximum atomic E-state index is 12.9. The summed E-state index contributed by atoms with van der Waals surface area (Å²) in [7, 11) is 1.64. The molecule has 0 aliphatic carbocycles. The van der Waals surface area contributed by atoms with E-state index in [1.807, 2.05) is 11.4 Å². The summed E-state index contributed by atoms with van der Waals surface area (Å²) in [4.78, 5) is 42.1. The molecule has 0 radical (unpaired) electrons. The van der Waals surface area contributed by atoms with Crippen LogP contribution in [0.2, 0.25) is 0 Å². The van der Waals surface area contributed by atoms with E-state index in [1.165, 1.54) is 34.4 Å². The Morgan fingerprint density at radius 2 is 2.15 bits per heavy atom. The first kappa shape index (κ1) is 23.3. The van der Waals surface area contributed by atoms with Crippen LogP contribution in [0.3, 0.4) is 0 Å². The van der Waals surface area contributed by atoms with Gasteiger partial charge in [0.1, 0.15) is 12.3 Å². The van der Waals surface area contributed by atoms with Gasteiger partial charge in [0, 0.05) is 42.3 Å². The number of aromatic nitrogens is 1. The van der Waals surface area contributed by atoms with E-state index in [2.05, 4.69) is 10.3 Å². The molecule has 1 atom stereocenters. The van der Waals surface area contributed by atoms with E-state index in [0.717, 1.165) is 16.3 Å². The number of nitro benzene ring substituents is 1. The average molecular weight is 483 g/mol. The molecule has 0 bridgehead atoms. The van der Waals surface area contributed by atoms with E-state index in [9.17, 15) is 19.7 Å². The number of amides is 2. The first-order chi connectivity index (χ1) is 16.4. The summed E-state index contributed by atoms with van der Waals surface area (Å²) in [6.07, 6.45) is -0.0568. The van der Waals surface area contributed by atoms with E-state index in [-0.39, 0.29) is 23.8 Å². The van der Waals surface area contributed by atoms with Crippen LogP contribution >= 0.6 is 11.3 Å². The van der Waals surface area contributed by atoms with Crippen LogP contribution in [0.5, 0.6) is 5.75 Å². The van der Waals surface area contributed by atoms with Crippen LogP contribution in [0.4, 0.5) is 17.1 Å². The second-order valence-corrected chi connectivity index (χ2v) is 8.53. The number of rotatable bonds is 8. The van der Waals surface area contributed by atoms with Gasteiger partial charge in [-0.15, -0.1) is 11.3 Å². The summed E-state index contributed by atoms with van der Waals surface area (Å²) < 4.78 is 10.8. The number of nitrogens with one attached hydrogen (secondary N) is 1. The van der Waals surface area contributed by atoms with E-state index in [1.54, 1.807) is 32.2 Å². The van der Waals surface area contributed by atoms with Gasteiger partial charge in [-0.2, -0.15) is 0 Å². The van der Waals surface area contributed by atoms with Gasteiger partial charge in [-0.3, -0.25) is 24.6 Å². The number of hydrogen-bond acceptors (Lipinski definition) is 8. The van der Waals surface area contributed by atoms with Crippen molar-refractivity contribution >= 4 is 40.2 Å². The second-order valence-electron chi connectivity index (χ2n) is 7.59. The van der Waals surface area contributed by atoms with Crippen molar-refractivity contribution in [3.05, 3.63) is 63.0 Å². The van der Waals surface area contributed by atoms with Gasteiger partial charge in [-0.05, 0) is 31.2 Å². The smallest absolute Gasteiger partial charge is 0.271 e. The normalized spacial score (nSPS) is 14.9. The summed E-state index contributed by atoms with van der Waals surface area (Å²) in [6, 6.07) is 11.0. The van der Waals surface area contributed by atoms with Gasteiger partial charge in [-0.25, -0.2) is 4.98 Å². The van der Waals surface area contributed by atoms with Gasteiger partial charge in [-0.1, -0.05) is 6.07 Å². The van der Waals surface area contributed by atoms with Gasteiger partial charge in [0.2, 0.25) is 5.91 Å². The lowest BCUT2D eigenvalue weighted by Gasteiger charge is -2.32. The van der Waals surface area contributed by atoms with E-state index < -0.39 is 16.9 Å². The van der Waals surface area contributed by atoms with Crippen molar-refractivity contribution in [2.75, 3.05) is 30.5 Å². The molecular formula is C23H22N4O6S. The highest BCUT2D eigenvalue weighted by molar-refractivity contribution is 7.09. The molecule has 0 fully saturated rings. The van der Waals surface area contributed by atoms with Crippen LogP contribution in [0.1, 0.15) is 11.9 Å². The zero-order valence-corrected chi connectivity index (χ0v) is 19.3. The van der Waals surface area contributed by atoms with Crippen LogP contribution in [-0.2, 0) is 20.7 Å². The van der Waals surface area contributed by atoms with Crippen molar-refractivity contribution in [3.8, 4) is 17.0 Å². The van der Waals surface area contributed by atoms with Gasteiger partial charge >= 0.3 is 0 Å². The van der Waals surface area contributed by atoms with Crippen molar-refractivity contribution in [2.45, 2.75) is 19.4 Å². The zero-order chi connectivity index (χ0) is 24.2. The van der Waals surface area contributed by atoms with Gasteiger partial charge in [0.05, 0.1) is 27.9 Å². The van der Waals surface area contributed by atoms with Crippen molar-refractivity contribution in [1.29, 1.82) is 0 Å². The fourth-order valence-electron chi connectivity index (χ4n) is 3.52. The molecule has 1 unspecified atom stereocenters. The predicted octanol–water partition coefficient (Wildman–Crippen LogP) is 3.66. The lowest BCUT2D eigenvalue weighted by molar-refractivity contribution is -0.384. The quantitative estimate of drug-likeness (QED) is 0.384. The number of carbonyl (C=O) groups excluding carboxylic acids is 2. The molecule has 0 saturated heterocycles. The van der Waals surface area contributed by atoms with Gasteiger partial charge < -0.3 is 14.8 Å². The molecule has 1 aliphatic rings. The summed E-state index contributed by atoms with van der Waals surface area (Å²) >= 11 is 1.52. The molecule has 1 N–H and O–H groups in total. The predicted molar refractivity (Wildman–Crippen MR) is 127 cm³/mol. The number of ether oxygens (including phenoxy) is 2. The number of fused-ring (bicyclic) bond motifs is 1. The number of nitro groups is 1. The van der Waals surface area contributed by atoms with Crippen LogP contribution in [0.15, 0.2) is 47.8 Å². The number of benzene rings is 2. The molecule has 2 aromatic carbocycles. The summed E-state index contributed by atoms with van der Waals surface area (Å²) in [6.45, 7) is 1.92. The van der Waals surface area contributed by atoms with Gasteiger partial charge in [0.15, 0.2) is 6.10 Å². The fraction of sp³-hybridized carbons (Fsp3) is 0.261. The summed E-state index contributed by atoms with van der Waals surface area (Å²) in [5, 5.41) is 16.5. The van der Waals surface area contributed by atoms with Gasteiger partial charge in [0.25, 0.3) is 11.6 Å². The van der Waals surface area contributed by atoms with Crippen LogP contribution in [0.25, 0.3) is 11.3 Å². The molecule has 0 saturated carbocycles. The molecule has 34 heavy (non-hydrogen) atoms. The number of nitrogens with zero attached hydrogens (tertiary/aromatic N) is 3. The van der Waals surface area contributed by atoms with Crippen LogP contribution in [-0.4, -0.2) is 48.1 Å². The number of carbonyl (C=O) groups is 2. The number of non-ortho nitro benzene ring substituents is 1. The van der Waals surface area contributed by atoms with E-state index in [0.29, 0.717) is 24.5 Å². The molecule has 10 nitrogen and oxygen atoms in total. The van der Waals surface area contributed by atoms with Crippen LogP contribution in [0, 0.1) is 10.1 Å². The zero-order valence-electron chi connectivity index (χ0n) is 18.5. The lowest BCUT2D eigenvalue weighted by Crippen LogP contribution is -2.47. The van der Waals surface area contributed by atoms with Crippen molar-refractivity contribution < 1.29 is 24.0 Å². The molecular weight excluding hydrogens is 460 g/mol. The standard InChI is InChI=1S/C23H22N4O6S/c1-14-23(29)26(12-21(28)24-16-4-3-5-17(11-16)27(30)31)19-10-15(6-7-20(19)33-14)18-13-34-22(25-18)8-9-32-2/h3-7,10-11,13-14H,8-9,12H2,1-2H3,(H,24,28). The maximum absolute atomic E-state index is 12.9. The highest BCUT2D eigenvalue weighted by Crippen LogP contribution is 2.37. The van der Waals surface area contributed by atoms with E-state index >= 15 is 0 Å². The van der Waals surface area contributed by atoms with E-state index in [4.69, 9.17) is 9.47 Å². The molecule has 2 heterocycles. The minimum Gasteiger partial charge on any atom is -0.479 e. The Kier molecular flexibility index (Phi) is 6.85. The number of anilines is 2. The molecule has 4 rings (SSSR count). The summed E-state index contributed by atoms with van der Waals surface area (Å²) in [5.74, 6) is -0.374. The maximum Gasteiger partial charge on any atom is 0.271 e. The number of methoxy groups -OCH3 is 1. The average Bonchev–Trinajstić information content (AvgIpc) is 3.29. The monoisotopic (exact) mass is 482 g/mol. The Hall–Kier alpha value is -3.83. The molecule has 0 spiro atoms. The van der Waals surface area contributed by atoms with Crippen LogP contribution < -0.4 is 15.0 Å². The Morgan fingerprint density at radius 3 is 2.91 bits per heavy atom. The summed E-state index contributed by atoms with van der Waals surface area (Å²) in [5.41, 5.74) is 2.13. The third kappa shape index (κ3) is 5.05. The molecule has 3 aromatic rings. The lowest BCUT2D eigenvalue weighted by atomic mass is 10.1. The molecule has 1 aliphatic heterocycles. The largest absolute Gasteiger partial charge is 0.479 e. The highest BCUT2D eigenvalue weighted by Gasteiger charge is 2.33. The Labute approximate surface area is 199 Å². The highest BCUT2D eigenvalue weighted by atomic mass is 32.1. The molecule has 1 aromatic heterocycles. The molecule has 2 amide bonds. The Morgan fingerprint density at radius 1 is 1.32 bits per heavy atom. The molecule has 176 valence electrons.